The monoisotopic (exact) mass is 281 g/mol. The number of halogens is 2. The van der Waals surface area contributed by atoms with Crippen LogP contribution in [-0.4, -0.2) is 26.2 Å². The molecule has 1 aromatic rings. The van der Waals surface area contributed by atoms with Crippen LogP contribution in [0.4, 0.5) is 4.39 Å². The topological polar surface area (TPSA) is 66.4 Å². The first kappa shape index (κ1) is 14.4. The molecule has 1 atom stereocenters. The fourth-order valence-electron chi connectivity index (χ4n) is 1.12. The molecule has 0 unspecified atom stereocenters. The Hall–Kier alpha value is -0.690. The van der Waals surface area contributed by atoms with E-state index in [0.29, 0.717) is 6.42 Å². The van der Waals surface area contributed by atoms with Crippen molar-refractivity contribution in [1.82, 2.24) is 4.72 Å². The smallest absolute Gasteiger partial charge is 0.243 e. The first-order valence-corrected chi connectivity index (χ1v) is 6.85. The minimum Gasteiger partial charge on any atom is -0.392 e. The Balaban J connectivity index is 2.90. The molecule has 2 N–H and O–H groups in total. The highest BCUT2D eigenvalue weighted by atomic mass is 35.5. The normalized spacial score (nSPS) is 13.6. The van der Waals surface area contributed by atoms with Gasteiger partial charge in [-0.2, -0.15) is 0 Å². The van der Waals surface area contributed by atoms with Crippen LogP contribution in [0.5, 0.6) is 0 Å². The van der Waals surface area contributed by atoms with E-state index in [0.717, 1.165) is 12.1 Å². The van der Waals surface area contributed by atoms with Crippen LogP contribution in [0.15, 0.2) is 23.1 Å². The van der Waals surface area contributed by atoms with Crippen LogP contribution in [0.3, 0.4) is 0 Å². The van der Waals surface area contributed by atoms with Crippen molar-refractivity contribution in [3.05, 3.63) is 29.0 Å². The highest BCUT2D eigenvalue weighted by molar-refractivity contribution is 7.89. The average molecular weight is 282 g/mol. The Kier molecular flexibility index (Phi) is 4.88. The third-order valence-corrected chi connectivity index (χ3v) is 3.86. The molecule has 0 saturated heterocycles. The van der Waals surface area contributed by atoms with Crippen LogP contribution in [0.25, 0.3) is 0 Å². The average Bonchev–Trinajstić information content (AvgIpc) is 2.25. The second-order valence-electron chi connectivity index (χ2n) is 3.49. The Labute approximate surface area is 104 Å². The van der Waals surface area contributed by atoms with Gasteiger partial charge in [0.05, 0.1) is 6.10 Å². The zero-order chi connectivity index (χ0) is 13.1. The van der Waals surface area contributed by atoms with E-state index in [-0.39, 0.29) is 11.6 Å². The van der Waals surface area contributed by atoms with Crippen molar-refractivity contribution in [2.24, 2.45) is 0 Å². The van der Waals surface area contributed by atoms with Gasteiger partial charge in [-0.25, -0.2) is 17.5 Å². The lowest BCUT2D eigenvalue weighted by Gasteiger charge is -2.10. The van der Waals surface area contributed by atoms with E-state index in [2.05, 4.69) is 4.72 Å². The molecule has 1 rings (SSSR count). The second kappa shape index (κ2) is 5.77. The van der Waals surface area contributed by atoms with Crippen LogP contribution >= 0.6 is 11.6 Å². The molecular formula is C10H13ClFNO3S. The summed E-state index contributed by atoms with van der Waals surface area (Å²) in [6.07, 6.45) is -0.383. The van der Waals surface area contributed by atoms with Crippen molar-refractivity contribution in [3.63, 3.8) is 0 Å². The molecule has 0 aromatic heterocycles. The van der Waals surface area contributed by atoms with Gasteiger partial charge in [0.1, 0.15) is 10.7 Å². The summed E-state index contributed by atoms with van der Waals surface area (Å²) in [4.78, 5) is -0.481. The maximum Gasteiger partial charge on any atom is 0.243 e. The number of hydrogen-bond acceptors (Lipinski definition) is 3. The first-order valence-electron chi connectivity index (χ1n) is 4.99. The number of sulfonamides is 1. The number of hydrogen-bond donors (Lipinski definition) is 2. The van der Waals surface area contributed by atoms with Crippen LogP contribution < -0.4 is 4.72 Å². The molecule has 0 aliphatic rings. The number of nitrogens with one attached hydrogen (secondary N) is 1. The van der Waals surface area contributed by atoms with Gasteiger partial charge in [0, 0.05) is 11.6 Å². The van der Waals surface area contributed by atoms with Gasteiger partial charge in [0.2, 0.25) is 10.0 Å². The van der Waals surface area contributed by atoms with Crippen molar-refractivity contribution >= 4 is 21.6 Å². The van der Waals surface area contributed by atoms with E-state index in [1.807, 2.05) is 0 Å². The lowest BCUT2D eigenvalue weighted by atomic mass is 10.3. The summed E-state index contributed by atoms with van der Waals surface area (Å²) in [5.74, 6) is -0.920. The predicted octanol–water partition coefficient (Wildman–Crippen LogP) is 1.53. The highest BCUT2D eigenvalue weighted by Gasteiger charge is 2.19. The van der Waals surface area contributed by atoms with Crippen LogP contribution in [0.1, 0.15) is 13.3 Å². The fraction of sp³-hybridized carbons (Fsp3) is 0.400. The Morgan fingerprint density at radius 2 is 2.18 bits per heavy atom. The SMILES string of the molecule is CC[C@@H](O)CNS(=O)(=O)c1ccc(Cl)cc1F. The Morgan fingerprint density at radius 1 is 1.53 bits per heavy atom. The molecule has 0 heterocycles. The largest absolute Gasteiger partial charge is 0.392 e. The summed E-state index contributed by atoms with van der Waals surface area (Å²) in [5, 5.41) is 9.36. The Morgan fingerprint density at radius 3 is 2.71 bits per heavy atom. The van der Waals surface area contributed by atoms with Crippen molar-refractivity contribution in [1.29, 1.82) is 0 Å². The summed E-state index contributed by atoms with van der Waals surface area (Å²) in [5.41, 5.74) is 0. The zero-order valence-corrected chi connectivity index (χ0v) is 10.7. The van der Waals surface area contributed by atoms with E-state index in [9.17, 15) is 17.9 Å². The number of benzene rings is 1. The quantitative estimate of drug-likeness (QED) is 0.860. The molecule has 0 fully saturated rings. The molecular weight excluding hydrogens is 269 g/mol. The minimum absolute atomic E-state index is 0.120. The predicted molar refractivity (Wildman–Crippen MR) is 62.9 cm³/mol. The molecule has 0 aliphatic carbocycles. The van der Waals surface area contributed by atoms with E-state index in [4.69, 9.17) is 11.6 Å². The summed E-state index contributed by atoms with van der Waals surface area (Å²) in [7, 11) is -3.96. The van der Waals surface area contributed by atoms with Gasteiger partial charge in [0.15, 0.2) is 0 Å². The van der Waals surface area contributed by atoms with Crippen LogP contribution in [0.2, 0.25) is 5.02 Å². The summed E-state index contributed by atoms with van der Waals surface area (Å²) in [6, 6.07) is 3.29. The van der Waals surface area contributed by atoms with Gasteiger partial charge < -0.3 is 5.11 Å². The standard InChI is InChI=1S/C10H13ClFNO3S/c1-2-8(14)6-13-17(15,16)10-4-3-7(11)5-9(10)12/h3-5,8,13-14H,2,6H2,1H3/t8-/m1/s1. The van der Waals surface area contributed by atoms with E-state index in [1.54, 1.807) is 6.92 Å². The molecule has 4 nitrogen and oxygen atoms in total. The van der Waals surface area contributed by atoms with Crippen molar-refractivity contribution in [2.45, 2.75) is 24.3 Å². The molecule has 0 amide bonds. The van der Waals surface area contributed by atoms with Gasteiger partial charge >= 0.3 is 0 Å². The molecule has 0 aliphatic heterocycles. The molecule has 7 heteroatoms. The molecule has 0 saturated carbocycles. The van der Waals surface area contributed by atoms with Gasteiger partial charge in [-0.05, 0) is 24.6 Å². The zero-order valence-electron chi connectivity index (χ0n) is 9.15. The molecule has 1 aromatic carbocycles. The van der Waals surface area contributed by atoms with Gasteiger partial charge in [-0.15, -0.1) is 0 Å². The number of aliphatic hydroxyl groups is 1. The first-order chi connectivity index (χ1) is 7.86. The second-order valence-corrected chi connectivity index (χ2v) is 5.66. The van der Waals surface area contributed by atoms with Crippen molar-refractivity contribution < 1.29 is 17.9 Å². The van der Waals surface area contributed by atoms with Crippen LogP contribution in [-0.2, 0) is 10.0 Å². The lowest BCUT2D eigenvalue weighted by molar-refractivity contribution is 0.174. The molecule has 0 radical (unpaired) electrons. The summed E-state index contributed by atoms with van der Waals surface area (Å²) >= 11 is 5.52. The van der Waals surface area contributed by atoms with Crippen molar-refractivity contribution in [2.75, 3.05) is 6.54 Å². The fourth-order valence-corrected chi connectivity index (χ4v) is 2.41. The van der Waals surface area contributed by atoms with E-state index >= 15 is 0 Å². The molecule has 17 heavy (non-hydrogen) atoms. The summed E-state index contributed by atoms with van der Waals surface area (Å²) < 4.78 is 38.9. The van der Waals surface area contributed by atoms with Crippen molar-refractivity contribution in [3.8, 4) is 0 Å². The van der Waals surface area contributed by atoms with Gasteiger partial charge in [-0.1, -0.05) is 18.5 Å². The maximum atomic E-state index is 13.4. The molecule has 96 valence electrons. The van der Waals surface area contributed by atoms with Gasteiger partial charge in [-0.3, -0.25) is 0 Å². The Bertz CT molecular complexity index is 492. The number of rotatable bonds is 5. The summed E-state index contributed by atoms with van der Waals surface area (Å²) in [6.45, 7) is 1.56. The number of aliphatic hydroxyl groups excluding tert-OH is 1. The maximum absolute atomic E-state index is 13.4. The van der Waals surface area contributed by atoms with E-state index < -0.39 is 26.8 Å². The third-order valence-electron chi connectivity index (χ3n) is 2.16. The highest BCUT2D eigenvalue weighted by Crippen LogP contribution is 2.18. The van der Waals surface area contributed by atoms with E-state index in [1.165, 1.54) is 6.07 Å². The minimum atomic E-state index is -3.96. The van der Waals surface area contributed by atoms with Gasteiger partial charge in [0.25, 0.3) is 0 Å². The molecule has 0 bridgehead atoms. The molecule has 0 spiro atoms. The van der Waals surface area contributed by atoms with Crippen LogP contribution in [0, 0.1) is 5.82 Å². The third kappa shape index (κ3) is 3.92. The lowest BCUT2D eigenvalue weighted by Crippen LogP contribution is -2.32.